The molecule has 14 nitrogen and oxygen atoms in total. The molecule has 4 atom stereocenters. The molecule has 10 N–H and O–H groups in total. The highest BCUT2D eigenvalue weighted by atomic mass is 16.4. The van der Waals surface area contributed by atoms with Crippen LogP contribution in [-0.2, 0) is 36.8 Å². The van der Waals surface area contributed by atoms with E-state index in [0.29, 0.717) is 5.69 Å². The normalized spacial score (nSPS) is 14.1. The topological polar surface area (TPSA) is 238 Å². The average Bonchev–Trinajstić information content (AvgIpc) is 3.58. The number of carboxylic acids is 1. The van der Waals surface area contributed by atoms with Crippen molar-refractivity contribution in [1.29, 1.82) is 0 Å². The number of nitrogens with zero attached hydrogens (tertiary/aromatic N) is 1. The van der Waals surface area contributed by atoms with Crippen molar-refractivity contribution in [3.05, 3.63) is 54.2 Å². The highest BCUT2D eigenvalue weighted by Gasteiger charge is 2.32. The molecular weight excluding hydrogens is 532 g/mol. The van der Waals surface area contributed by atoms with Crippen LogP contribution < -0.4 is 27.4 Å². The first-order chi connectivity index (χ1) is 19.5. The van der Waals surface area contributed by atoms with Crippen LogP contribution >= 0.6 is 0 Å². The van der Waals surface area contributed by atoms with E-state index in [4.69, 9.17) is 11.5 Å². The van der Waals surface area contributed by atoms with Gasteiger partial charge in [-0.15, -0.1) is 0 Å². The fraction of sp³-hybridized carbons (Fsp3) is 0.407. The smallest absolute Gasteiger partial charge is 0.326 e. The number of imidazole rings is 1. The van der Waals surface area contributed by atoms with Crippen LogP contribution in [0.15, 0.2) is 43.0 Å². The lowest BCUT2D eigenvalue weighted by atomic mass is 10.00. The molecule has 220 valence electrons. The number of para-hydroxylation sites is 1. The second-order valence-corrected chi connectivity index (χ2v) is 10.1. The van der Waals surface area contributed by atoms with Gasteiger partial charge in [-0.05, 0) is 30.4 Å². The second-order valence-electron chi connectivity index (χ2n) is 10.1. The third kappa shape index (κ3) is 8.63. The number of fused-ring (bicyclic) bond motifs is 1. The van der Waals surface area contributed by atoms with Crippen molar-refractivity contribution in [2.45, 2.75) is 63.7 Å². The van der Waals surface area contributed by atoms with Gasteiger partial charge in [0.05, 0.1) is 12.4 Å². The summed E-state index contributed by atoms with van der Waals surface area (Å²) < 4.78 is 0. The number of hydrogen-bond donors (Lipinski definition) is 8. The monoisotopic (exact) mass is 568 g/mol. The Hall–Kier alpha value is -4.72. The van der Waals surface area contributed by atoms with E-state index in [1.165, 1.54) is 12.5 Å². The standard InChI is InChI=1S/C27H36N8O6/c1-14(2)23(35-24(37)18(28)9-15-11-31-19-6-4-3-5-17(15)19)26(39)33-20(7-8-22(29)36)25(38)34-21(27(40)41)10-16-12-30-13-32-16/h3-6,11-14,18,20-21,23,31H,7-10,28H2,1-2H3,(H2,29,36)(H,30,32)(H,33,39)(H,34,38)(H,35,37)(H,40,41). The summed E-state index contributed by atoms with van der Waals surface area (Å²) in [6.07, 6.45) is 4.29. The minimum Gasteiger partial charge on any atom is -0.480 e. The molecule has 3 rings (SSSR count). The lowest BCUT2D eigenvalue weighted by Crippen LogP contribution is -2.58. The first kappa shape index (κ1) is 30.8. The fourth-order valence-electron chi connectivity index (χ4n) is 4.33. The van der Waals surface area contributed by atoms with Crippen molar-refractivity contribution in [2.75, 3.05) is 0 Å². The van der Waals surface area contributed by atoms with Crippen LogP contribution in [-0.4, -0.2) is 73.8 Å². The molecule has 0 aliphatic heterocycles. The highest BCUT2D eigenvalue weighted by Crippen LogP contribution is 2.19. The van der Waals surface area contributed by atoms with Gasteiger partial charge in [-0.3, -0.25) is 19.2 Å². The van der Waals surface area contributed by atoms with Crippen LogP contribution in [0.2, 0.25) is 0 Å². The molecule has 41 heavy (non-hydrogen) atoms. The number of nitrogens with two attached hydrogens (primary N) is 2. The number of aromatic nitrogens is 3. The van der Waals surface area contributed by atoms with Crippen LogP contribution in [0.5, 0.6) is 0 Å². The van der Waals surface area contributed by atoms with Gasteiger partial charge in [-0.25, -0.2) is 9.78 Å². The lowest BCUT2D eigenvalue weighted by molar-refractivity contribution is -0.142. The lowest BCUT2D eigenvalue weighted by Gasteiger charge is -2.27. The summed E-state index contributed by atoms with van der Waals surface area (Å²) in [6.45, 7) is 3.41. The van der Waals surface area contributed by atoms with Crippen LogP contribution in [0.25, 0.3) is 10.9 Å². The van der Waals surface area contributed by atoms with Crippen molar-refractivity contribution in [3.63, 3.8) is 0 Å². The summed E-state index contributed by atoms with van der Waals surface area (Å²) in [6, 6.07) is 2.93. The third-order valence-corrected chi connectivity index (χ3v) is 6.60. The Kier molecular flexibility index (Phi) is 10.6. The van der Waals surface area contributed by atoms with Crippen molar-refractivity contribution in [3.8, 4) is 0 Å². The molecule has 0 fully saturated rings. The molecule has 2 aromatic heterocycles. The second kappa shape index (κ2) is 14.1. The summed E-state index contributed by atoms with van der Waals surface area (Å²) in [5.41, 5.74) is 13.7. The van der Waals surface area contributed by atoms with Gasteiger partial charge in [-0.2, -0.15) is 0 Å². The van der Waals surface area contributed by atoms with Crippen LogP contribution in [0.4, 0.5) is 0 Å². The molecule has 0 saturated carbocycles. The Morgan fingerprint density at radius 1 is 0.951 bits per heavy atom. The third-order valence-electron chi connectivity index (χ3n) is 6.60. The molecule has 0 aliphatic carbocycles. The summed E-state index contributed by atoms with van der Waals surface area (Å²) in [7, 11) is 0. The van der Waals surface area contributed by atoms with Gasteiger partial charge in [0.15, 0.2) is 0 Å². The number of nitrogens with one attached hydrogen (secondary N) is 5. The summed E-state index contributed by atoms with van der Waals surface area (Å²) >= 11 is 0. The van der Waals surface area contributed by atoms with Crippen LogP contribution in [0.1, 0.15) is 37.9 Å². The Morgan fingerprint density at radius 3 is 2.29 bits per heavy atom. The van der Waals surface area contributed by atoms with E-state index in [1.54, 1.807) is 20.0 Å². The zero-order valence-corrected chi connectivity index (χ0v) is 22.8. The number of primary amides is 1. The number of amides is 4. The number of aliphatic carboxylic acids is 1. The van der Waals surface area contributed by atoms with E-state index in [1.807, 2.05) is 24.3 Å². The minimum atomic E-state index is -1.33. The molecule has 2 heterocycles. The number of rotatable bonds is 15. The summed E-state index contributed by atoms with van der Waals surface area (Å²) in [5, 5.41) is 18.1. The summed E-state index contributed by atoms with van der Waals surface area (Å²) in [5.74, 6) is -4.49. The average molecular weight is 569 g/mol. The van der Waals surface area contributed by atoms with Gasteiger partial charge in [0.2, 0.25) is 23.6 Å². The minimum absolute atomic E-state index is 0.0868. The number of H-pyrrole nitrogens is 2. The number of benzene rings is 1. The van der Waals surface area contributed by atoms with E-state index in [9.17, 15) is 29.1 Å². The van der Waals surface area contributed by atoms with Crippen LogP contribution in [0, 0.1) is 5.92 Å². The SMILES string of the molecule is CC(C)C(NC(=O)C(N)Cc1c[nH]c2ccccc12)C(=O)NC(CCC(N)=O)C(=O)NC(Cc1cnc[nH]1)C(=O)O. The van der Waals surface area contributed by atoms with Gasteiger partial charge in [-0.1, -0.05) is 32.0 Å². The van der Waals surface area contributed by atoms with Gasteiger partial charge < -0.3 is 42.5 Å². The Balaban J connectivity index is 1.68. The number of hydrogen-bond acceptors (Lipinski definition) is 7. The highest BCUT2D eigenvalue weighted by molar-refractivity contribution is 5.95. The zero-order chi connectivity index (χ0) is 30.1. The molecule has 0 aliphatic rings. The number of carbonyl (C=O) groups excluding carboxylic acids is 4. The van der Waals surface area contributed by atoms with Gasteiger partial charge >= 0.3 is 5.97 Å². The quantitative estimate of drug-likeness (QED) is 0.118. The molecule has 4 unspecified atom stereocenters. The number of aromatic amines is 2. The molecule has 14 heteroatoms. The van der Waals surface area contributed by atoms with E-state index < -0.39 is 59.7 Å². The Labute approximate surface area is 236 Å². The van der Waals surface area contributed by atoms with Crippen molar-refractivity contribution >= 4 is 40.5 Å². The predicted octanol–water partition coefficient (Wildman–Crippen LogP) is -0.536. The molecule has 0 radical (unpaired) electrons. The largest absolute Gasteiger partial charge is 0.480 e. The molecular formula is C27H36N8O6. The molecule has 0 bridgehead atoms. The van der Waals surface area contributed by atoms with Gasteiger partial charge in [0, 0.05) is 41.8 Å². The van der Waals surface area contributed by atoms with Crippen molar-refractivity contribution in [2.24, 2.45) is 17.4 Å². The first-order valence-corrected chi connectivity index (χ1v) is 13.2. The molecule has 0 spiro atoms. The Bertz CT molecular complexity index is 1370. The zero-order valence-electron chi connectivity index (χ0n) is 22.8. The molecule has 4 amide bonds. The van der Waals surface area contributed by atoms with E-state index in [0.717, 1.165) is 16.5 Å². The maximum absolute atomic E-state index is 13.3. The predicted molar refractivity (Wildman–Crippen MR) is 149 cm³/mol. The number of carboxylic acid groups (broad SMARTS) is 1. The van der Waals surface area contributed by atoms with E-state index >= 15 is 0 Å². The Morgan fingerprint density at radius 2 is 1.66 bits per heavy atom. The molecule has 1 aromatic carbocycles. The first-order valence-electron chi connectivity index (χ1n) is 13.2. The number of carbonyl (C=O) groups is 5. The maximum atomic E-state index is 13.3. The van der Waals surface area contributed by atoms with Gasteiger partial charge in [0.25, 0.3) is 0 Å². The van der Waals surface area contributed by atoms with Crippen molar-refractivity contribution < 1.29 is 29.1 Å². The summed E-state index contributed by atoms with van der Waals surface area (Å²) in [4.78, 5) is 72.2. The molecule has 0 saturated heterocycles. The van der Waals surface area contributed by atoms with E-state index in [2.05, 4.69) is 30.9 Å². The fourth-order valence-corrected chi connectivity index (χ4v) is 4.33. The molecule has 3 aromatic rings. The van der Waals surface area contributed by atoms with Crippen molar-refractivity contribution in [1.82, 2.24) is 30.9 Å². The maximum Gasteiger partial charge on any atom is 0.326 e. The van der Waals surface area contributed by atoms with Crippen LogP contribution in [0.3, 0.4) is 0 Å². The van der Waals surface area contributed by atoms with Gasteiger partial charge in [0.1, 0.15) is 18.1 Å². The van der Waals surface area contributed by atoms with E-state index in [-0.39, 0.29) is 25.7 Å².